The summed E-state index contributed by atoms with van der Waals surface area (Å²) in [6.07, 6.45) is 1.15. The Morgan fingerprint density at radius 3 is 2.68 bits per heavy atom. The predicted octanol–water partition coefficient (Wildman–Crippen LogP) is 0.932. The molecular formula is C18H18N4O5S. The molecule has 0 atom stereocenters. The molecule has 1 aliphatic rings. The highest BCUT2D eigenvalue weighted by molar-refractivity contribution is 7.16. The third kappa shape index (κ3) is 3.14. The van der Waals surface area contributed by atoms with Crippen LogP contribution in [0.5, 0.6) is 0 Å². The van der Waals surface area contributed by atoms with Crippen LogP contribution in [0.15, 0.2) is 9.59 Å². The summed E-state index contributed by atoms with van der Waals surface area (Å²) in [6.45, 7) is 3.40. The number of methoxy groups -OCH3 is 1. The third-order valence-electron chi connectivity index (χ3n) is 4.77. The van der Waals surface area contributed by atoms with Gasteiger partial charge in [0.15, 0.2) is 0 Å². The summed E-state index contributed by atoms with van der Waals surface area (Å²) in [5, 5.41) is 12.2. The average molecular weight is 402 g/mol. The summed E-state index contributed by atoms with van der Waals surface area (Å²) >= 11 is 1.20. The van der Waals surface area contributed by atoms with Crippen molar-refractivity contribution in [2.45, 2.75) is 39.8 Å². The van der Waals surface area contributed by atoms with Crippen molar-refractivity contribution in [1.29, 1.82) is 5.26 Å². The lowest BCUT2D eigenvalue weighted by Crippen LogP contribution is -2.44. The van der Waals surface area contributed by atoms with Gasteiger partial charge in [-0.3, -0.25) is 14.2 Å². The summed E-state index contributed by atoms with van der Waals surface area (Å²) in [5.41, 5.74) is -0.140. The third-order valence-corrected chi connectivity index (χ3v) is 5.89. The largest absolute Gasteiger partial charge is 0.465 e. The van der Waals surface area contributed by atoms with Crippen molar-refractivity contribution in [3.8, 4) is 6.07 Å². The van der Waals surface area contributed by atoms with E-state index in [2.05, 4.69) is 5.32 Å². The van der Waals surface area contributed by atoms with Gasteiger partial charge in [-0.15, -0.1) is 11.3 Å². The zero-order valence-electron chi connectivity index (χ0n) is 15.6. The van der Waals surface area contributed by atoms with Crippen LogP contribution in [-0.4, -0.2) is 28.1 Å². The molecule has 3 rings (SSSR count). The first-order chi connectivity index (χ1) is 13.3. The number of fused-ring (bicyclic) bond motifs is 1. The second-order valence-electron chi connectivity index (χ2n) is 6.39. The van der Waals surface area contributed by atoms with E-state index >= 15 is 0 Å². The molecule has 0 aliphatic carbocycles. The van der Waals surface area contributed by atoms with Gasteiger partial charge in [-0.1, -0.05) is 0 Å². The number of nitriles is 1. The molecule has 0 saturated heterocycles. The minimum atomic E-state index is -0.775. The first kappa shape index (κ1) is 19.6. The monoisotopic (exact) mass is 402 g/mol. The van der Waals surface area contributed by atoms with Crippen molar-refractivity contribution in [2.75, 3.05) is 12.4 Å². The fourth-order valence-electron chi connectivity index (χ4n) is 3.26. The number of aromatic nitrogens is 2. The number of nitrogens with one attached hydrogen (secondary N) is 1. The quantitative estimate of drug-likeness (QED) is 0.759. The number of nitrogens with zero attached hydrogens (tertiary/aromatic N) is 3. The van der Waals surface area contributed by atoms with Crippen molar-refractivity contribution in [1.82, 2.24) is 9.13 Å². The number of anilines is 1. The van der Waals surface area contributed by atoms with E-state index in [4.69, 9.17) is 4.74 Å². The van der Waals surface area contributed by atoms with Gasteiger partial charge in [-0.2, -0.15) is 5.26 Å². The summed E-state index contributed by atoms with van der Waals surface area (Å²) in [7, 11) is 1.24. The maximum absolute atomic E-state index is 12.6. The molecule has 3 heterocycles. The highest BCUT2D eigenvalue weighted by Gasteiger charge is 2.25. The molecule has 1 amide bonds. The lowest BCUT2D eigenvalue weighted by Gasteiger charge is -2.11. The van der Waals surface area contributed by atoms with E-state index in [0.29, 0.717) is 35.6 Å². The molecule has 0 aromatic carbocycles. The molecule has 0 spiro atoms. The molecule has 1 aliphatic heterocycles. The molecule has 0 radical (unpaired) electrons. The van der Waals surface area contributed by atoms with E-state index in [-0.39, 0.29) is 11.1 Å². The fraction of sp³-hybridized carbons (Fsp3) is 0.389. The lowest BCUT2D eigenvalue weighted by molar-refractivity contribution is -0.116. The number of rotatable bonds is 4. The first-order valence-corrected chi connectivity index (χ1v) is 9.36. The van der Waals surface area contributed by atoms with Gasteiger partial charge >= 0.3 is 11.7 Å². The molecular weight excluding hydrogens is 384 g/mol. The van der Waals surface area contributed by atoms with Crippen LogP contribution in [0.25, 0.3) is 0 Å². The number of ether oxygens (including phenoxy) is 1. The van der Waals surface area contributed by atoms with Gasteiger partial charge in [0.1, 0.15) is 23.2 Å². The van der Waals surface area contributed by atoms with Crippen LogP contribution < -0.4 is 16.6 Å². The second-order valence-corrected chi connectivity index (χ2v) is 7.61. The lowest BCUT2D eigenvalue weighted by atomic mass is 10.1. The zero-order valence-corrected chi connectivity index (χ0v) is 16.4. The van der Waals surface area contributed by atoms with Gasteiger partial charge in [0.2, 0.25) is 5.91 Å². The van der Waals surface area contributed by atoms with Crippen molar-refractivity contribution in [3.63, 3.8) is 0 Å². The first-order valence-electron chi connectivity index (χ1n) is 8.54. The van der Waals surface area contributed by atoms with Gasteiger partial charge in [0.05, 0.1) is 12.7 Å². The molecule has 2 aromatic rings. The number of hydrogen-bond acceptors (Lipinski definition) is 7. The number of aryl methyl sites for hydroxylation is 1. The van der Waals surface area contributed by atoms with Gasteiger partial charge in [0.25, 0.3) is 5.56 Å². The minimum Gasteiger partial charge on any atom is -0.465 e. The molecule has 0 unspecified atom stereocenters. The van der Waals surface area contributed by atoms with Crippen molar-refractivity contribution < 1.29 is 14.3 Å². The molecule has 10 heteroatoms. The van der Waals surface area contributed by atoms with Crippen LogP contribution in [0.1, 0.15) is 38.5 Å². The summed E-state index contributed by atoms with van der Waals surface area (Å²) < 4.78 is 6.89. The number of hydrogen-bond donors (Lipinski definition) is 1. The topological polar surface area (TPSA) is 123 Å². The normalized spacial score (nSPS) is 12.4. The fourth-order valence-corrected chi connectivity index (χ4v) is 4.33. The molecule has 28 heavy (non-hydrogen) atoms. The molecule has 0 saturated carbocycles. The molecule has 0 bridgehead atoms. The smallest absolute Gasteiger partial charge is 0.341 e. The molecule has 2 aromatic heterocycles. The Hall–Kier alpha value is -3.19. The van der Waals surface area contributed by atoms with Crippen molar-refractivity contribution in [3.05, 3.63) is 48.1 Å². The van der Waals surface area contributed by atoms with E-state index in [0.717, 1.165) is 9.44 Å². The standard InChI is InChI=1S/C18H18N4O5S/c1-9-10(2)28-15(14(9)17(25)27-3)20-13(23)8-22-16(24)11(7-19)12-5-4-6-21(12)18(22)26/h4-6,8H2,1-3H3,(H,20,23). The SMILES string of the molecule is COC(=O)c1c(NC(=O)Cn2c(=O)c(C#N)c3n(c2=O)CCC3)sc(C)c1C. The van der Waals surface area contributed by atoms with E-state index in [9.17, 15) is 24.4 Å². The Kier molecular flexibility index (Phi) is 5.20. The van der Waals surface area contributed by atoms with E-state index < -0.39 is 29.7 Å². The van der Waals surface area contributed by atoms with Crippen LogP contribution in [0.2, 0.25) is 0 Å². The minimum absolute atomic E-state index is 0.108. The van der Waals surface area contributed by atoms with Gasteiger partial charge in [0, 0.05) is 17.1 Å². The van der Waals surface area contributed by atoms with Gasteiger partial charge in [-0.05, 0) is 32.3 Å². The van der Waals surface area contributed by atoms with Crippen LogP contribution >= 0.6 is 11.3 Å². The van der Waals surface area contributed by atoms with Gasteiger partial charge < -0.3 is 10.1 Å². The number of carbonyl (C=O) groups is 2. The maximum atomic E-state index is 12.6. The Morgan fingerprint density at radius 2 is 2.04 bits per heavy atom. The Labute approximate surface area is 163 Å². The predicted molar refractivity (Wildman–Crippen MR) is 102 cm³/mol. The van der Waals surface area contributed by atoms with Gasteiger partial charge in [-0.25, -0.2) is 14.2 Å². The van der Waals surface area contributed by atoms with Crippen LogP contribution in [0, 0.1) is 25.2 Å². The van der Waals surface area contributed by atoms with Crippen LogP contribution in [-0.2, 0) is 29.0 Å². The molecule has 0 fully saturated rings. The molecule has 146 valence electrons. The number of thiophene rings is 1. The molecule has 9 nitrogen and oxygen atoms in total. The maximum Gasteiger partial charge on any atom is 0.341 e. The van der Waals surface area contributed by atoms with E-state index in [1.165, 1.54) is 23.0 Å². The number of carbonyl (C=O) groups excluding carboxylic acids is 2. The zero-order chi connectivity index (χ0) is 20.6. The van der Waals surface area contributed by atoms with E-state index in [1.807, 2.05) is 6.07 Å². The highest BCUT2D eigenvalue weighted by Crippen LogP contribution is 2.32. The van der Waals surface area contributed by atoms with Crippen LogP contribution in [0.3, 0.4) is 0 Å². The van der Waals surface area contributed by atoms with Crippen LogP contribution in [0.4, 0.5) is 5.00 Å². The summed E-state index contributed by atoms with van der Waals surface area (Å²) in [4.78, 5) is 50.5. The number of amides is 1. The van der Waals surface area contributed by atoms with E-state index in [1.54, 1.807) is 13.8 Å². The highest BCUT2D eigenvalue weighted by atomic mass is 32.1. The Balaban J connectivity index is 1.95. The Bertz CT molecular complexity index is 1150. The average Bonchev–Trinajstić information content (AvgIpc) is 3.24. The number of esters is 1. The summed E-state index contributed by atoms with van der Waals surface area (Å²) in [6, 6.07) is 1.84. The van der Waals surface area contributed by atoms with Crippen molar-refractivity contribution in [2.24, 2.45) is 0 Å². The van der Waals surface area contributed by atoms with Crippen molar-refractivity contribution >= 4 is 28.2 Å². The Morgan fingerprint density at radius 1 is 1.32 bits per heavy atom. The second kappa shape index (κ2) is 7.44. The molecule has 1 N–H and O–H groups in total. The summed E-state index contributed by atoms with van der Waals surface area (Å²) in [5.74, 6) is -1.23.